The number of rotatable bonds is 7. The fourth-order valence-electron chi connectivity index (χ4n) is 3.73. The molecule has 0 amide bonds. The second kappa shape index (κ2) is 8.80. The van der Waals surface area contributed by atoms with Crippen molar-refractivity contribution in [2.45, 2.75) is 13.3 Å². The number of fused-ring (bicyclic) bond motifs is 3. The van der Waals surface area contributed by atoms with Crippen molar-refractivity contribution in [2.24, 2.45) is 0 Å². The van der Waals surface area contributed by atoms with E-state index in [2.05, 4.69) is 22.0 Å². The number of ether oxygens (including phenoxy) is 2. The van der Waals surface area contributed by atoms with Gasteiger partial charge in [-0.3, -0.25) is 9.69 Å². The minimum Gasteiger partial charge on any atom is -0.492 e. The van der Waals surface area contributed by atoms with Crippen molar-refractivity contribution in [3.05, 3.63) is 36.0 Å². The first-order valence-electron chi connectivity index (χ1n) is 10.1. The molecular weight excluding hydrogens is 370 g/mol. The number of carbonyl (C=O) groups excluding carboxylic acids is 1. The maximum Gasteiger partial charge on any atom is 0.312 e. The predicted octanol–water partition coefficient (Wildman–Crippen LogP) is 2.71. The van der Waals surface area contributed by atoms with Crippen LogP contribution < -0.4 is 4.74 Å². The van der Waals surface area contributed by atoms with Gasteiger partial charge in [0.05, 0.1) is 18.4 Å². The summed E-state index contributed by atoms with van der Waals surface area (Å²) in [5.41, 5.74) is 1.27. The molecule has 1 aliphatic rings. The van der Waals surface area contributed by atoms with Crippen LogP contribution in [0.3, 0.4) is 0 Å². The third-order valence-corrected chi connectivity index (χ3v) is 5.39. The van der Waals surface area contributed by atoms with E-state index in [4.69, 9.17) is 14.0 Å². The van der Waals surface area contributed by atoms with Crippen LogP contribution in [0.25, 0.3) is 21.7 Å². The summed E-state index contributed by atoms with van der Waals surface area (Å²) < 4.78 is 16.5. The quantitative estimate of drug-likeness (QED) is 0.568. The van der Waals surface area contributed by atoms with Gasteiger partial charge >= 0.3 is 5.97 Å². The Bertz CT molecular complexity index is 992. The smallest absolute Gasteiger partial charge is 0.312 e. The van der Waals surface area contributed by atoms with Crippen LogP contribution in [-0.4, -0.2) is 73.9 Å². The minimum atomic E-state index is -0.302. The van der Waals surface area contributed by atoms with Crippen molar-refractivity contribution < 1.29 is 18.8 Å². The first-order chi connectivity index (χ1) is 14.1. The van der Waals surface area contributed by atoms with Crippen molar-refractivity contribution in [1.82, 2.24) is 15.0 Å². The Labute approximate surface area is 170 Å². The topological polar surface area (TPSA) is 68.0 Å². The summed E-state index contributed by atoms with van der Waals surface area (Å²) in [6.07, 6.45) is 0.100. The van der Waals surface area contributed by atoms with Gasteiger partial charge in [0.25, 0.3) is 0 Å². The Kier molecular flexibility index (Phi) is 5.97. The number of benzene rings is 2. The summed E-state index contributed by atoms with van der Waals surface area (Å²) in [5, 5.41) is 6.97. The number of hydrogen-bond acceptors (Lipinski definition) is 7. The van der Waals surface area contributed by atoms with Crippen molar-refractivity contribution in [3.8, 4) is 5.75 Å². The fourth-order valence-corrected chi connectivity index (χ4v) is 3.73. The molecule has 4 rings (SSSR count). The largest absolute Gasteiger partial charge is 0.492 e. The van der Waals surface area contributed by atoms with Crippen LogP contribution in [0.2, 0.25) is 0 Å². The van der Waals surface area contributed by atoms with Gasteiger partial charge in [0.15, 0.2) is 5.58 Å². The third kappa shape index (κ3) is 4.52. The summed E-state index contributed by atoms with van der Waals surface area (Å²) in [6.45, 7) is 8.14. The zero-order chi connectivity index (χ0) is 20.2. The molecule has 0 atom stereocenters. The summed E-state index contributed by atoms with van der Waals surface area (Å²) in [7, 11) is 2.16. The second-order valence-corrected chi connectivity index (χ2v) is 7.43. The maximum atomic E-state index is 11.9. The fraction of sp³-hybridized carbons (Fsp3) is 0.455. The van der Waals surface area contributed by atoms with Gasteiger partial charge in [-0.15, -0.1) is 0 Å². The number of piperazine rings is 1. The van der Waals surface area contributed by atoms with E-state index in [0.29, 0.717) is 24.5 Å². The monoisotopic (exact) mass is 397 g/mol. The average Bonchev–Trinajstić information content (AvgIpc) is 3.12. The molecule has 1 saturated heterocycles. The second-order valence-electron chi connectivity index (χ2n) is 7.43. The molecule has 7 heteroatoms. The molecule has 0 spiro atoms. The number of nitrogens with zero attached hydrogens (tertiary/aromatic N) is 3. The minimum absolute atomic E-state index is 0.100. The van der Waals surface area contributed by atoms with Crippen LogP contribution in [0.15, 0.2) is 34.9 Å². The molecule has 0 N–H and O–H groups in total. The van der Waals surface area contributed by atoms with Gasteiger partial charge in [-0.05, 0) is 49.0 Å². The molecule has 0 unspecified atom stereocenters. The van der Waals surface area contributed by atoms with Gasteiger partial charge in [-0.1, -0.05) is 11.2 Å². The number of aromatic nitrogens is 1. The zero-order valence-corrected chi connectivity index (χ0v) is 17.0. The van der Waals surface area contributed by atoms with Crippen LogP contribution in [-0.2, 0) is 16.0 Å². The lowest BCUT2D eigenvalue weighted by atomic mass is 10.0. The Morgan fingerprint density at radius 1 is 1.17 bits per heavy atom. The summed E-state index contributed by atoms with van der Waals surface area (Å²) >= 11 is 0. The molecule has 0 saturated carbocycles. The van der Waals surface area contributed by atoms with E-state index >= 15 is 0 Å². The summed E-state index contributed by atoms with van der Waals surface area (Å²) in [6, 6.07) is 9.87. The molecule has 2 aromatic carbocycles. The molecule has 29 heavy (non-hydrogen) atoms. The van der Waals surface area contributed by atoms with Gasteiger partial charge in [-0.2, -0.15) is 0 Å². The number of esters is 1. The van der Waals surface area contributed by atoms with E-state index in [1.807, 2.05) is 30.3 Å². The molecule has 1 aliphatic heterocycles. The van der Waals surface area contributed by atoms with Crippen molar-refractivity contribution in [3.63, 3.8) is 0 Å². The highest BCUT2D eigenvalue weighted by Gasteiger charge is 2.16. The van der Waals surface area contributed by atoms with Crippen LogP contribution in [0.1, 0.15) is 12.6 Å². The van der Waals surface area contributed by atoms with Crippen LogP contribution in [0.5, 0.6) is 5.75 Å². The predicted molar refractivity (Wildman–Crippen MR) is 111 cm³/mol. The molecule has 0 aliphatic carbocycles. The first-order valence-corrected chi connectivity index (χ1v) is 10.1. The number of likely N-dealkylation sites (N-methyl/N-ethyl adjacent to an activating group) is 1. The molecule has 7 nitrogen and oxygen atoms in total. The maximum absolute atomic E-state index is 11.9. The van der Waals surface area contributed by atoms with Crippen molar-refractivity contribution in [1.29, 1.82) is 0 Å². The highest BCUT2D eigenvalue weighted by molar-refractivity contribution is 6.07. The molecule has 2 heterocycles. The molecule has 154 valence electrons. The number of carbonyl (C=O) groups is 1. The SMILES string of the molecule is CCOC(=O)Cc1noc2ccc3cc(OCCN4CCN(C)CC4)ccc3c12. The van der Waals surface area contributed by atoms with Crippen molar-refractivity contribution >= 4 is 27.7 Å². The van der Waals surface area contributed by atoms with Crippen molar-refractivity contribution in [2.75, 3.05) is 53.0 Å². The normalized spacial score (nSPS) is 15.8. The van der Waals surface area contributed by atoms with E-state index in [0.717, 1.165) is 54.6 Å². The van der Waals surface area contributed by atoms with Gasteiger partial charge in [0.1, 0.15) is 18.1 Å². The van der Waals surface area contributed by atoms with E-state index < -0.39 is 0 Å². The van der Waals surface area contributed by atoms with Gasteiger partial charge in [0.2, 0.25) is 0 Å². The molecule has 3 aromatic rings. The molecule has 1 fully saturated rings. The van der Waals surface area contributed by atoms with Crippen LogP contribution in [0, 0.1) is 0 Å². The van der Waals surface area contributed by atoms with Gasteiger partial charge in [0, 0.05) is 32.7 Å². The van der Waals surface area contributed by atoms with Gasteiger partial charge < -0.3 is 18.9 Å². The molecular formula is C22H27N3O4. The lowest BCUT2D eigenvalue weighted by Gasteiger charge is -2.32. The lowest BCUT2D eigenvalue weighted by molar-refractivity contribution is -0.142. The molecule has 1 aromatic heterocycles. The summed E-state index contributed by atoms with van der Waals surface area (Å²) in [4.78, 5) is 16.7. The highest BCUT2D eigenvalue weighted by atomic mass is 16.5. The van der Waals surface area contributed by atoms with E-state index in [1.165, 1.54) is 0 Å². The zero-order valence-electron chi connectivity index (χ0n) is 17.0. The highest BCUT2D eigenvalue weighted by Crippen LogP contribution is 2.31. The first kappa shape index (κ1) is 19.7. The standard InChI is InChI=1S/C22H27N3O4/c1-3-27-21(26)15-19-22-18-6-5-17(14-16(18)4-7-20(22)29-23-19)28-13-12-25-10-8-24(2)9-11-25/h4-7,14H,3,8-13,15H2,1-2H3. The van der Waals surface area contributed by atoms with Crippen LogP contribution >= 0.6 is 0 Å². The van der Waals surface area contributed by atoms with Crippen LogP contribution in [0.4, 0.5) is 0 Å². The molecule has 0 radical (unpaired) electrons. The molecule has 0 bridgehead atoms. The Morgan fingerprint density at radius 2 is 2.00 bits per heavy atom. The van der Waals surface area contributed by atoms with E-state index in [1.54, 1.807) is 6.92 Å². The Morgan fingerprint density at radius 3 is 2.79 bits per heavy atom. The van der Waals surface area contributed by atoms with Gasteiger partial charge in [-0.25, -0.2) is 0 Å². The number of hydrogen-bond donors (Lipinski definition) is 0. The Balaban J connectivity index is 1.47. The van der Waals surface area contributed by atoms with E-state index in [-0.39, 0.29) is 12.4 Å². The summed E-state index contributed by atoms with van der Waals surface area (Å²) in [5.74, 6) is 0.540. The Hall–Kier alpha value is -2.64. The van der Waals surface area contributed by atoms with E-state index in [9.17, 15) is 4.79 Å². The third-order valence-electron chi connectivity index (χ3n) is 5.39. The lowest BCUT2D eigenvalue weighted by Crippen LogP contribution is -2.45. The average molecular weight is 397 g/mol.